The van der Waals surface area contributed by atoms with Gasteiger partial charge in [-0.25, -0.2) is 4.79 Å². The Bertz CT molecular complexity index is 685. The van der Waals surface area contributed by atoms with E-state index in [4.69, 9.17) is 25.1 Å². The van der Waals surface area contributed by atoms with Gasteiger partial charge in [0.25, 0.3) is 0 Å². The van der Waals surface area contributed by atoms with Crippen LogP contribution in [0.3, 0.4) is 0 Å². The van der Waals surface area contributed by atoms with Crippen LogP contribution in [0.25, 0.3) is 11.0 Å². The third kappa shape index (κ3) is 2.22. The van der Waals surface area contributed by atoms with Gasteiger partial charge in [0.15, 0.2) is 5.30 Å². The van der Waals surface area contributed by atoms with Gasteiger partial charge < -0.3 is 13.5 Å². The van der Waals surface area contributed by atoms with E-state index in [0.717, 1.165) is 0 Å². The zero-order chi connectivity index (χ0) is 13.3. The second kappa shape index (κ2) is 4.86. The van der Waals surface area contributed by atoms with E-state index in [1.807, 2.05) is 0 Å². The van der Waals surface area contributed by atoms with Crippen molar-refractivity contribution in [3.8, 4) is 0 Å². The average molecular weight is 289 g/mol. The highest BCUT2D eigenvalue weighted by molar-refractivity contribution is 7.62. The first-order valence-corrected chi connectivity index (χ1v) is 6.88. The number of hydrogen-bond acceptors (Lipinski definition) is 5. The van der Waals surface area contributed by atoms with Crippen LogP contribution in [0, 0.1) is 0 Å². The lowest BCUT2D eigenvalue weighted by molar-refractivity contribution is 0.286. The second-order valence-corrected chi connectivity index (χ2v) is 6.11. The van der Waals surface area contributed by atoms with Crippen LogP contribution >= 0.6 is 19.2 Å². The van der Waals surface area contributed by atoms with Gasteiger partial charge in [0.05, 0.1) is 0 Å². The highest BCUT2D eigenvalue weighted by Crippen LogP contribution is 2.44. The molecule has 2 aromatic rings. The van der Waals surface area contributed by atoms with Crippen molar-refractivity contribution in [2.75, 3.05) is 14.2 Å². The lowest BCUT2D eigenvalue weighted by atomic mass is 10.2. The van der Waals surface area contributed by atoms with E-state index in [1.54, 1.807) is 18.2 Å². The summed E-state index contributed by atoms with van der Waals surface area (Å²) < 4.78 is 26.8. The molecule has 2 rings (SSSR count). The molecular formula is C11H10ClO5P. The normalized spacial score (nSPS) is 11.9. The molecular weight excluding hydrogens is 279 g/mol. The first-order chi connectivity index (χ1) is 8.50. The number of benzene rings is 1. The van der Waals surface area contributed by atoms with Crippen molar-refractivity contribution in [2.45, 2.75) is 0 Å². The summed E-state index contributed by atoms with van der Waals surface area (Å²) >= 11 is 5.84. The quantitative estimate of drug-likeness (QED) is 0.641. The molecule has 0 radical (unpaired) electrons. The van der Waals surface area contributed by atoms with Gasteiger partial charge in [-0.3, -0.25) is 4.57 Å². The first kappa shape index (κ1) is 13.3. The molecule has 0 unspecified atom stereocenters. The van der Waals surface area contributed by atoms with Gasteiger partial charge in [0.2, 0.25) is 0 Å². The van der Waals surface area contributed by atoms with Crippen LogP contribution in [-0.4, -0.2) is 14.2 Å². The van der Waals surface area contributed by atoms with Crippen LogP contribution in [0.15, 0.2) is 33.5 Å². The van der Waals surface area contributed by atoms with Gasteiger partial charge in [-0.15, -0.1) is 0 Å². The molecule has 1 aromatic carbocycles. The summed E-state index contributed by atoms with van der Waals surface area (Å²) in [6.45, 7) is 0. The highest BCUT2D eigenvalue weighted by Gasteiger charge is 2.29. The summed E-state index contributed by atoms with van der Waals surface area (Å²) in [6, 6.07) is 6.16. The minimum absolute atomic E-state index is 0.151. The monoisotopic (exact) mass is 288 g/mol. The predicted molar refractivity (Wildman–Crippen MR) is 68.8 cm³/mol. The maximum absolute atomic E-state index is 12.2. The molecule has 0 aliphatic heterocycles. The standard InChI is InChI=1S/C11H10ClO5P/c1-15-18(14,16-2)10-6-7-5-8(12)3-4-9(7)17-11(10)13/h3-6H,1-2H3. The zero-order valence-corrected chi connectivity index (χ0v) is 11.3. The molecule has 0 fully saturated rings. The molecule has 7 heteroatoms. The van der Waals surface area contributed by atoms with Crippen LogP contribution in [-0.2, 0) is 13.6 Å². The van der Waals surface area contributed by atoms with Crippen LogP contribution < -0.4 is 10.9 Å². The Balaban J connectivity index is 2.76. The van der Waals surface area contributed by atoms with Crippen molar-refractivity contribution in [1.29, 1.82) is 0 Å². The van der Waals surface area contributed by atoms with Crippen LogP contribution in [0.2, 0.25) is 5.02 Å². The molecule has 96 valence electrons. The van der Waals surface area contributed by atoms with E-state index in [-0.39, 0.29) is 5.30 Å². The summed E-state index contributed by atoms with van der Waals surface area (Å²) in [5.74, 6) is 0. The summed E-state index contributed by atoms with van der Waals surface area (Å²) in [7, 11) is -1.24. The van der Waals surface area contributed by atoms with E-state index < -0.39 is 13.2 Å². The van der Waals surface area contributed by atoms with Crippen molar-refractivity contribution in [2.24, 2.45) is 0 Å². The molecule has 0 spiro atoms. The molecule has 1 aromatic heterocycles. The maximum atomic E-state index is 12.2. The van der Waals surface area contributed by atoms with Crippen molar-refractivity contribution < 1.29 is 18.0 Å². The number of rotatable bonds is 3. The number of hydrogen-bond donors (Lipinski definition) is 0. The van der Waals surface area contributed by atoms with Crippen molar-refractivity contribution >= 4 is 35.5 Å². The Morgan fingerprint density at radius 1 is 1.22 bits per heavy atom. The summed E-state index contributed by atoms with van der Waals surface area (Å²) in [5.41, 5.74) is -0.399. The molecule has 0 atom stereocenters. The number of fused-ring (bicyclic) bond motifs is 1. The summed E-state index contributed by atoms with van der Waals surface area (Å²) in [4.78, 5) is 11.8. The molecule has 0 saturated carbocycles. The van der Waals surface area contributed by atoms with E-state index in [2.05, 4.69) is 0 Å². The molecule has 18 heavy (non-hydrogen) atoms. The fraction of sp³-hybridized carbons (Fsp3) is 0.182. The summed E-state index contributed by atoms with van der Waals surface area (Å²) in [5, 5.41) is 0.876. The molecule has 0 saturated heterocycles. The van der Waals surface area contributed by atoms with Gasteiger partial charge in [-0.05, 0) is 24.3 Å². The Morgan fingerprint density at radius 2 is 1.89 bits per heavy atom. The highest BCUT2D eigenvalue weighted by atomic mass is 35.5. The maximum Gasteiger partial charge on any atom is 0.368 e. The van der Waals surface area contributed by atoms with Crippen LogP contribution in [0.4, 0.5) is 0 Å². The van der Waals surface area contributed by atoms with Gasteiger partial charge in [-0.1, -0.05) is 11.6 Å². The molecule has 0 amide bonds. The smallest absolute Gasteiger partial charge is 0.368 e. The first-order valence-electron chi connectivity index (χ1n) is 4.95. The van der Waals surface area contributed by atoms with Crippen molar-refractivity contribution in [3.05, 3.63) is 39.7 Å². The van der Waals surface area contributed by atoms with Gasteiger partial charge >= 0.3 is 13.2 Å². The summed E-state index contributed by atoms with van der Waals surface area (Å²) in [6.07, 6.45) is 0. The fourth-order valence-corrected chi connectivity index (χ4v) is 2.83. The van der Waals surface area contributed by atoms with E-state index in [1.165, 1.54) is 20.3 Å². The third-order valence-corrected chi connectivity index (χ3v) is 4.55. The zero-order valence-electron chi connectivity index (χ0n) is 9.68. The Morgan fingerprint density at radius 3 is 2.50 bits per heavy atom. The number of halogens is 1. The average Bonchev–Trinajstić information content (AvgIpc) is 2.37. The molecule has 0 N–H and O–H groups in total. The van der Waals surface area contributed by atoms with Crippen molar-refractivity contribution in [1.82, 2.24) is 0 Å². The third-order valence-electron chi connectivity index (χ3n) is 2.45. The van der Waals surface area contributed by atoms with E-state index in [0.29, 0.717) is 16.0 Å². The predicted octanol–water partition coefficient (Wildman–Crippen LogP) is 2.56. The second-order valence-electron chi connectivity index (χ2n) is 3.46. The molecule has 5 nitrogen and oxygen atoms in total. The SMILES string of the molecule is COP(=O)(OC)c1cc2cc(Cl)ccc2oc1=O. The molecule has 0 aliphatic rings. The van der Waals surface area contributed by atoms with E-state index in [9.17, 15) is 9.36 Å². The molecule has 0 bridgehead atoms. The lowest BCUT2D eigenvalue weighted by Gasteiger charge is -2.12. The Kier molecular flexibility index (Phi) is 3.59. The molecule has 0 aliphatic carbocycles. The largest absolute Gasteiger partial charge is 0.422 e. The lowest BCUT2D eigenvalue weighted by Crippen LogP contribution is -2.24. The Hall–Kier alpha value is -1.13. The minimum Gasteiger partial charge on any atom is -0.422 e. The fourth-order valence-electron chi connectivity index (χ4n) is 1.55. The van der Waals surface area contributed by atoms with Crippen LogP contribution in [0.1, 0.15) is 0 Å². The minimum atomic E-state index is -3.64. The van der Waals surface area contributed by atoms with Gasteiger partial charge in [0.1, 0.15) is 5.58 Å². The van der Waals surface area contributed by atoms with Gasteiger partial charge in [-0.2, -0.15) is 0 Å². The van der Waals surface area contributed by atoms with E-state index >= 15 is 0 Å². The Labute approximate surface area is 108 Å². The van der Waals surface area contributed by atoms with Gasteiger partial charge in [0, 0.05) is 24.6 Å². The van der Waals surface area contributed by atoms with Crippen molar-refractivity contribution in [3.63, 3.8) is 0 Å². The molecule has 1 heterocycles. The van der Waals surface area contributed by atoms with Crippen LogP contribution in [0.5, 0.6) is 0 Å². The topological polar surface area (TPSA) is 65.7 Å².